The molecule has 0 saturated heterocycles. The minimum Gasteiger partial charge on any atom is -1.00 e. The first kappa shape index (κ1) is 19.5. The van der Waals surface area contributed by atoms with Crippen LogP contribution in [0.1, 0.15) is 17.8 Å². The van der Waals surface area contributed by atoms with E-state index in [1.165, 1.54) is 22.6 Å². The lowest BCUT2D eigenvalue weighted by Gasteiger charge is -2.05. The highest BCUT2D eigenvalue weighted by Crippen LogP contribution is 2.25. The Labute approximate surface area is 170 Å². The Morgan fingerprint density at radius 2 is 1.93 bits per heavy atom. The summed E-state index contributed by atoms with van der Waals surface area (Å²) in [6.07, 6.45) is 4.19. The molecule has 0 fully saturated rings. The molecule has 2 aromatic carbocycles. The third-order valence-electron chi connectivity index (χ3n) is 4.80. The van der Waals surface area contributed by atoms with E-state index in [1.54, 1.807) is 6.07 Å². The van der Waals surface area contributed by atoms with Crippen LogP contribution in [0.4, 0.5) is 5.69 Å². The molecule has 4 nitrogen and oxygen atoms in total. The second-order valence-corrected chi connectivity index (χ2v) is 7.11. The molecule has 1 aliphatic heterocycles. The number of imidazole rings is 1. The molecular formula is C21H21Cl2N3O. The summed E-state index contributed by atoms with van der Waals surface area (Å²) >= 11 is 6.14. The number of fused-ring (bicyclic) bond motifs is 1. The molecule has 1 amide bonds. The minimum absolute atomic E-state index is 0. The Kier molecular flexibility index (Phi) is 5.88. The van der Waals surface area contributed by atoms with Gasteiger partial charge < -0.3 is 17.7 Å². The van der Waals surface area contributed by atoms with E-state index in [-0.39, 0.29) is 24.9 Å². The van der Waals surface area contributed by atoms with Crippen LogP contribution in [0.15, 0.2) is 54.7 Å². The number of carbonyl (C=O) groups excluding carboxylic acids is 1. The number of rotatable bonds is 4. The maximum absolute atomic E-state index is 12.5. The summed E-state index contributed by atoms with van der Waals surface area (Å²) in [7, 11) is 0. The van der Waals surface area contributed by atoms with E-state index in [2.05, 4.69) is 51.8 Å². The van der Waals surface area contributed by atoms with Gasteiger partial charge in [-0.05, 0) is 25.5 Å². The fourth-order valence-electron chi connectivity index (χ4n) is 3.51. The second kappa shape index (κ2) is 8.15. The van der Waals surface area contributed by atoms with Crippen molar-refractivity contribution >= 4 is 23.2 Å². The van der Waals surface area contributed by atoms with Crippen LogP contribution in [0.5, 0.6) is 0 Å². The fraction of sp³-hybridized carbons (Fsp3) is 0.238. The van der Waals surface area contributed by atoms with Gasteiger partial charge in [0.15, 0.2) is 12.2 Å². The molecule has 0 aliphatic carbocycles. The number of aryl methyl sites for hydroxylation is 1. The fourth-order valence-corrected chi connectivity index (χ4v) is 3.69. The molecule has 0 unspecified atom stereocenters. The van der Waals surface area contributed by atoms with E-state index in [4.69, 9.17) is 11.6 Å². The molecular weight excluding hydrogens is 381 g/mol. The summed E-state index contributed by atoms with van der Waals surface area (Å²) in [5, 5.41) is 3.45. The smallest absolute Gasteiger partial charge is 0.266 e. The van der Waals surface area contributed by atoms with E-state index in [0.29, 0.717) is 10.7 Å². The van der Waals surface area contributed by atoms with Gasteiger partial charge in [0.1, 0.15) is 6.20 Å². The summed E-state index contributed by atoms with van der Waals surface area (Å²) in [5.74, 6) is 1.13. The first-order chi connectivity index (χ1) is 12.6. The lowest BCUT2D eigenvalue weighted by Crippen LogP contribution is -3.00. The van der Waals surface area contributed by atoms with Crippen LogP contribution in [-0.2, 0) is 24.3 Å². The van der Waals surface area contributed by atoms with Crippen molar-refractivity contribution in [3.63, 3.8) is 0 Å². The van der Waals surface area contributed by atoms with Crippen molar-refractivity contribution in [2.24, 2.45) is 0 Å². The maximum Gasteiger partial charge on any atom is 0.266 e. The van der Waals surface area contributed by atoms with Gasteiger partial charge in [-0.3, -0.25) is 4.79 Å². The molecule has 140 valence electrons. The number of benzene rings is 2. The van der Waals surface area contributed by atoms with Crippen molar-refractivity contribution in [1.29, 1.82) is 0 Å². The van der Waals surface area contributed by atoms with Gasteiger partial charge in [-0.15, -0.1) is 0 Å². The van der Waals surface area contributed by atoms with Gasteiger partial charge >= 0.3 is 0 Å². The Balaban J connectivity index is 0.00000210. The van der Waals surface area contributed by atoms with Crippen LogP contribution in [0.3, 0.4) is 0 Å². The highest BCUT2D eigenvalue weighted by atomic mass is 35.5. The number of hydrogen-bond donors (Lipinski definition) is 1. The summed E-state index contributed by atoms with van der Waals surface area (Å²) in [5.41, 5.74) is 4.25. The van der Waals surface area contributed by atoms with Crippen molar-refractivity contribution in [3.8, 4) is 11.3 Å². The Hall–Kier alpha value is -2.30. The molecule has 4 rings (SSSR count). The van der Waals surface area contributed by atoms with E-state index in [9.17, 15) is 4.79 Å². The molecule has 0 radical (unpaired) electrons. The highest BCUT2D eigenvalue weighted by molar-refractivity contribution is 6.33. The topological polar surface area (TPSA) is 37.9 Å². The SMILES string of the molecule is Cc1ccc(-c2c[n+](CC(=O)Nc3ccccc3Cl)c3n2CCC3)cc1.[Cl-]. The Morgan fingerprint density at radius 3 is 2.67 bits per heavy atom. The highest BCUT2D eigenvalue weighted by Gasteiger charge is 2.29. The largest absolute Gasteiger partial charge is 1.00 e. The minimum atomic E-state index is -0.0705. The zero-order chi connectivity index (χ0) is 18.1. The van der Waals surface area contributed by atoms with Gasteiger partial charge in [-0.2, -0.15) is 0 Å². The number of amides is 1. The van der Waals surface area contributed by atoms with Gasteiger partial charge in [0, 0.05) is 5.56 Å². The summed E-state index contributed by atoms with van der Waals surface area (Å²) in [6, 6.07) is 15.8. The molecule has 2 heterocycles. The number of hydrogen-bond acceptors (Lipinski definition) is 1. The molecule has 0 bridgehead atoms. The first-order valence-corrected chi connectivity index (χ1v) is 9.23. The maximum atomic E-state index is 12.5. The number of anilines is 1. The van der Waals surface area contributed by atoms with Crippen LogP contribution in [0.2, 0.25) is 5.02 Å². The number of halogens is 2. The van der Waals surface area contributed by atoms with Crippen LogP contribution >= 0.6 is 11.6 Å². The molecule has 0 saturated carbocycles. The normalized spacial score (nSPS) is 12.4. The van der Waals surface area contributed by atoms with Crippen LogP contribution in [0, 0.1) is 6.92 Å². The average molecular weight is 402 g/mol. The predicted molar refractivity (Wildman–Crippen MR) is 103 cm³/mol. The molecule has 6 heteroatoms. The van der Waals surface area contributed by atoms with E-state index < -0.39 is 0 Å². The quantitative estimate of drug-likeness (QED) is 0.650. The summed E-state index contributed by atoms with van der Waals surface area (Å²) in [6.45, 7) is 3.37. The third-order valence-corrected chi connectivity index (χ3v) is 5.13. The molecule has 3 aromatic rings. The first-order valence-electron chi connectivity index (χ1n) is 8.85. The van der Waals surface area contributed by atoms with Gasteiger partial charge in [0.25, 0.3) is 11.7 Å². The zero-order valence-corrected chi connectivity index (χ0v) is 16.6. The monoisotopic (exact) mass is 401 g/mol. The summed E-state index contributed by atoms with van der Waals surface area (Å²) < 4.78 is 4.39. The molecule has 1 aromatic heterocycles. The van der Waals surface area contributed by atoms with Gasteiger partial charge in [-0.25, -0.2) is 9.13 Å². The Bertz CT molecular complexity index is 964. The van der Waals surface area contributed by atoms with Crippen molar-refractivity contribution in [2.75, 3.05) is 5.32 Å². The van der Waals surface area contributed by atoms with Crippen molar-refractivity contribution in [1.82, 2.24) is 4.57 Å². The van der Waals surface area contributed by atoms with Gasteiger partial charge in [-0.1, -0.05) is 53.6 Å². The number of carbonyl (C=O) groups is 1. The van der Waals surface area contributed by atoms with Crippen LogP contribution in [-0.4, -0.2) is 10.5 Å². The molecule has 0 atom stereocenters. The Morgan fingerprint density at radius 1 is 1.19 bits per heavy atom. The number of nitrogens with one attached hydrogen (secondary N) is 1. The average Bonchev–Trinajstić information content (AvgIpc) is 3.22. The van der Waals surface area contributed by atoms with Crippen molar-refractivity contribution in [2.45, 2.75) is 32.9 Å². The zero-order valence-electron chi connectivity index (χ0n) is 15.1. The third kappa shape index (κ3) is 4.02. The van der Waals surface area contributed by atoms with E-state index >= 15 is 0 Å². The molecule has 1 aliphatic rings. The van der Waals surface area contributed by atoms with Gasteiger partial charge in [0.2, 0.25) is 0 Å². The lowest BCUT2D eigenvalue weighted by molar-refractivity contribution is -0.690. The number of aromatic nitrogens is 2. The van der Waals surface area contributed by atoms with Crippen molar-refractivity contribution in [3.05, 3.63) is 71.1 Å². The lowest BCUT2D eigenvalue weighted by atomic mass is 10.1. The molecule has 27 heavy (non-hydrogen) atoms. The van der Waals surface area contributed by atoms with Gasteiger partial charge in [0.05, 0.1) is 23.7 Å². The predicted octanol–water partition coefficient (Wildman–Crippen LogP) is 0.993. The molecule has 1 N–H and O–H groups in total. The number of para-hydroxylation sites is 1. The van der Waals surface area contributed by atoms with Crippen molar-refractivity contribution < 1.29 is 21.8 Å². The number of nitrogens with zero attached hydrogens (tertiary/aromatic N) is 2. The second-order valence-electron chi connectivity index (χ2n) is 6.71. The molecule has 0 spiro atoms. The van der Waals surface area contributed by atoms with Crippen LogP contribution in [0.25, 0.3) is 11.3 Å². The standard InChI is InChI=1S/C21H20ClN3O.ClH/c1-15-8-10-16(11-9-15)19-13-24(21-7-4-12-25(19)21)14-20(26)23-18-6-3-2-5-17(18)22;/h2-3,5-6,8-11,13H,4,7,12,14H2,1H3;1H. The van der Waals surface area contributed by atoms with Crippen LogP contribution < -0.4 is 22.3 Å². The summed E-state index contributed by atoms with van der Waals surface area (Å²) in [4.78, 5) is 12.5. The van der Waals surface area contributed by atoms with E-state index in [1.807, 2.05) is 18.2 Å². The van der Waals surface area contributed by atoms with E-state index in [0.717, 1.165) is 19.4 Å².